The van der Waals surface area contributed by atoms with Gasteiger partial charge in [-0.05, 0) is 34.8 Å². The number of benzene rings is 2. The van der Waals surface area contributed by atoms with Gasteiger partial charge in [-0.3, -0.25) is 0 Å². The average molecular weight is 266 g/mol. The van der Waals surface area contributed by atoms with Gasteiger partial charge in [0.1, 0.15) is 0 Å². The van der Waals surface area contributed by atoms with Crippen LogP contribution in [-0.4, -0.2) is 11.2 Å². The van der Waals surface area contributed by atoms with Crippen LogP contribution in [-0.2, 0) is 6.42 Å². The predicted molar refractivity (Wildman–Crippen MR) is 82.6 cm³/mol. The maximum atomic E-state index is 10.5. The lowest BCUT2D eigenvalue weighted by molar-refractivity contribution is -0.123. The van der Waals surface area contributed by atoms with Crippen molar-refractivity contribution < 1.29 is 5.11 Å². The second-order valence-electron chi connectivity index (χ2n) is 6.51. The van der Waals surface area contributed by atoms with Crippen LogP contribution in [0.4, 0.5) is 0 Å². The van der Waals surface area contributed by atoms with Crippen molar-refractivity contribution in [1.29, 1.82) is 0 Å². The molecule has 0 radical (unpaired) electrons. The Labute approximate surface area is 121 Å². The third-order valence-electron chi connectivity index (χ3n) is 4.87. The van der Waals surface area contributed by atoms with Crippen LogP contribution in [0.15, 0.2) is 60.7 Å². The minimum atomic E-state index is -0.229. The molecule has 1 aliphatic rings. The molecular weight excluding hydrogens is 244 g/mol. The van der Waals surface area contributed by atoms with Gasteiger partial charge in [-0.2, -0.15) is 0 Å². The first-order chi connectivity index (χ1) is 9.60. The van der Waals surface area contributed by atoms with Crippen LogP contribution in [0, 0.1) is 11.3 Å². The van der Waals surface area contributed by atoms with Crippen LogP contribution in [0.25, 0.3) is 0 Å². The zero-order valence-electron chi connectivity index (χ0n) is 12.2. The lowest BCUT2D eigenvalue weighted by Gasteiger charge is -2.56. The van der Waals surface area contributed by atoms with Gasteiger partial charge in [0.15, 0.2) is 0 Å². The standard InChI is InChI=1S/C19H22O/c1-19(2)17(15-11-7-4-8-12-15)16(18(19)20)13-14-9-5-3-6-10-14/h3-12,16-18,20H,13H2,1-2H3. The van der Waals surface area contributed by atoms with Gasteiger partial charge >= 0.3 is 0 Å². The molecule has 3 unspecified atom stereocenters. The summed E-state index contributed by atoms with van der Waals surface area (Å²) in [6.07, 6.45) is 0.721. The molecule has 0 heterocycles. The monoisotopic (exact) mass is 266 g/mol. The van der Waals surface area contributed by atoms with Crippen molar-refractivity contribution in [2.45, 2.75) is 32.3 Å². The molecule has 0 spiro atoms. The summed E-state index contributed by atoms with van der Waals surface area (Å²) in [4.78, 5) is 0. The normalized spacial score (nSPS) is 27.9. The highest BCUT2D eigenvalue weighted by Crippen LogP contribution is 2.57. The zero-order chi connectivity index (χ0) is 14.2. The van der Waals surface area contributed by atoms with E-state index in [0.717, 1.165) is 6.42 Å². The third-order valence-corrected chi connectivity index (χ3v) is 4.87. The molecule has 1 N–H and O–H groups in total. The molecule has 1 saturated carbocycles. The fourth-order valence-corrected chi connectivity index (χ4v) is 3.80. The molecule has 1 fully saturated rings. The molecule has 0 bridgehead atoms. The van der Waals surface area contributed by atoms with Gasteiger partial charge in [0.2, 0.25) is 0 Å². The molecule has 1 aliphatic carbocycles. The predicted octanol–water partition coefficient (Wildman–Crippen LogP) is 4.03. The molecule has 1 nitrogen and oxygen atoms in total. The van der Waals surface area contributed by atoms with E-state index >= 15 is 0 Å². The van der Waals surface area contributed by atoms with Crippen molar-refractivity contribution in [2.75, 3.05) is 0 Å². The lowest BCUT2D eigenvalue weighted by atomic mass is 9.50. The van der Waals surface area contributed by atoms with E-state index in [4.69, 9.17) is 0 Å². The maximum Gasteiger partial charge on any atom is 0.0634 e. The number of hydrogen-bond donors (Lipinski definition) is 1. The van der Waals surface area contributed by atoms with Crippen molar-refractivity contribution >= 4 is 0 Å². The van der Waals surface area contributed by atoms with Crippen molar-refractivity contribution in [2.24, 2.45) is 11.3 Å². The highest BCUT2D eigenvalue weighted by Gasteiger charge is 2.55. The van der Waals surface area contributed by atoms with Gasteiger partial charge < -0.3 is 5.11 Å². The van der Waals surface area contributed by atoms with Gasteiger partial charge in [0.05, 0.1) is 6.10 Å². The number of rotatable bonds is 3. The Bertz CT molecular complexity index is 559. The van der Waals surface area contributed by atoms with Gasteiger partial charge in [0, 0.05) is 0 Å². The molecule has 2 aromatic rings. The molecule has 0 aliphatic heterocycles. The molecular formula is C19H22O. The smallest absolute Gasteiger partial charge is 0.0634 e. The Morgan fingerprint density at radius 2 is 1.45 bits per heavy atom. The van der Waals surface area contributed by atoms with E-state index in [1.165, 1.54) is 11.1 Å². The van der Waals surface area contributed by atoms with Crippen LogP contribution in [0.3, 0.4) is 0 Å². The maximum absolute atomic E-state index is 10.5. The molecule has 0 aromatic heterocycles. The first-order valence-corrected chi connectivity index (χ1v) is 7.37. The number of aliphatic hydroxyl groups excluding tert-OH is 1. The summed E-state index contributed by atoms with van der Waals surface area (Å²) >= 11 is 0. The van der Waals surface area contributed by atoms with Crippen molar-refractivity contribution in [3.8, 4) is 0 Å². The van der Waals surface area contributed by atoms with Gasteiger partial charge in [-0.1, -0.05) is 74.5 Å². The summed E-state index contributed by atoms with van der Waals surface area (Å²) in [5.41, 5.74) is 2.62. The number of aliphatic hydroxyl groups is 1. The molecule has 3 atom stereocenters. The second-order valence-corrected chi connectivity index (χ2v) is 6.51. The van der Waals surface area contributed by atoms with Crippen LogP contribution in [0.1, 0.15) is 30.9 Å². The molecule has 0 amide bonds. The molecule has 1 heteroatoms. The molecule has 0 saturated heterocycles. The van der Waals surface area contributed by atoms with Crippen molar-refractivity contribution in [3.63, 3.8) is 0 Å². The Hall–Kier alpha value is -1.60. The first-order valence-electron chi connectivity index (χ1n) is 7.37. The molecule has 2 aromatic carbocycles. The Kier molecular flexibility index (Phi) is 3.39. The largest absolute Gasteiger partial charge is 0.392 e. The van der Waals surface area contributed by atoms with E-state index < -0.39 is 0 Å². The fourth-order valence-electron chi connectivity index (χ4n) is 3.80. The van der Waals surface area contributed by atoms with E-state index in [-0.39, 0.29) is 11.5 Å². The quantitative estimate of drug-likeness (QED) is 0.889. The highest BCUT2D eigenvalue weighted by molar-refractivity contribution is 5.30. The van der Waals surface area contributed by atoms with E-state index in [1.807, 2.05) is 6.07 Å². The molecule has 104 valence electrons. The minimum Gasteiger partial charge on any atom is -0.392 e. The highest BCUT2D eigenvalue weighted by atomic mass is 16.3. The second kappa shape index (κ2) is 5.06. The first kappa shape index (κ1) is 13.4. The summed E-state index contributed by atoms with van der Waals surface area (Å²) in [6, 6.07) is 21.1. The Balaban J connectivity index is 1.86. The zero-order valence-corrected chi connectivity index (χ0v) is 12.2. The van der Waals surface area contributed by atoms with Gasteiger partial charge in [0.25, 0.3) is 0 Å². The van der Waals surface area contributed by atoms with Crippen LogP contribution in [0.2, 0.25) is 0 Å². The summed E-state index contributed by atoms with van der Waals surface area (Å²) in [7, 11) is 0. The Morgan fingerprint density at radius 1 is 0.900 bits per heavy atom. The van der Waals surface area contributed by atoms with Crippen molar-refractivity contribution in [3.05, 3.63) is 71.8 Å². The molecule has 20 heavy (non-hydrogen) atoms. The summed E-state index contributed by atoms with van der Waals surface area (Å²) in [6.45, 7) is 4.35. The topological polar surface area (TPSA) is 20.2 Å². The average Bonchev–Trinajstić information content (AvgIpc) is 2.48. The minimum absolute atomic E-state index is 0.0409. The van der Waals surface area contributed by atoms with Crippen LogP contribution in [0.5, 0.6) is 0 Å². The van der Waals surface area contributed by atoms with Gasteiger partial charge in [-0.15, -0.1) is 0 Å². The Morgan fingerprint density at radius 3 is 2.05 bits per heavy atom. The van der Waals surface area contributed by atoms with E-state index in [1.54, 1.807) is 0 Å². The van der Waals surface area contributed by atoms with Crippen molar-refractivity contribution in [1.82, 2.24) is 0 Å². The fraction of sp³-hybridized carbons (Fsp3) is 0.368. The summed E-state index contributed by atoms with van der Waals surface area (Å²) in [5.74, 6) is 0.744. The SMILES string of the molecule is CC1(C)C(O)C(Cc2ccccc2)C1c1ccccc1. The molecule has 3 rings (SSSR count). The van der Waals surface area contributed by atoms with Gasteiger partial charge in [-0.25, -0.2) is 0 Å². The summed E-state index contributed by atoms with van der Waals surface area (Å²) in [5, 5.41) is 10.5. The van der Waals surface area contributed by atoms with E-state index in [2.05, 4.69) is 68.4 Å². The van der Waals surface area contributed by atoms with Crippen LogP contribution < -0.4 is 0 Å². The van der Waals surface area contributed by atoms with E-state index in [0.29, 0.717) is 11.8 Å². The van der Waals surface area contributed by atoms with E-state index in [9.17, 15) is 5.11 Å². The lowest BCUT2D eigenvalue weighted by Crippen LogP contribution is -2.56. The van der Waals surface area contributed by atoms with Crippen LogP contribution >= 0.6 is 0 Å². The number of hydrogen-bond acceptors (Lipinski definition) is 1. The third kappa shape index (κ3) is 2.16. The summed E-state index contributed by atoms with van der Waals surface area (Å²) < 4.78 is 0.